The van der Waals surface area contributed by atoms with Crippen LogP contribution in [0.2, 0.25) is 0 Å². The van der Waals surface area contributed by atoms with Gasteiger partial charge in [0.15, 0.2) is 0 Å². The van der Waals surface area contributed by atoms with Crippen molar-refractivity contribution in [3.63, 3.8) is 0 Å². The second-order valence-electron chi connectivity index (χ2n) is 6.62. The summed E-state index contributed by atoms with van der Waals surface area (Å²) in [4.78, 5) is 14.1. The van der Waals surface area contributed by atoms with E-state index in [0.29, 0.717) is 6.04 Å². The maximum Gasteiger partial charge on any atom is 0.234 e. The van der Waals surface area contributed by atoms with Crippen LogP contribution < -0.4 is 11.1 Å². The number of rotatable bonds is 6. The number of nitrogens with one attached hydrogen (secondary N) is 1. The van der Waals surface area contributed by atoms with E-state index in [1.807, 2.05) is 0 Å². The number of fused-ring (bicyclic) bond motifs is 1. The number of primary amides is 1. The average Bonchev–Trinajstić information content (AvgIpc) is 3.13. The molecule has 0 bridgehead atoms. The molecule has 4 nitrogen and oxygen atoms in total. The summed E-state index contributed by atoms with van der Waals surface area (Å²) < 4.78 is 0. The van der Waals surface area contributed by atoms with Crippen LogP contribution in [0.25, 0.3) is 0 Å². The van der Waals surface area contributed by atoms with Crippen LogP contribution in [0.4, 0.5) is 0 Å². The molecule has 3 unspecified atom stereocenters. The molecule has 0 aromatic heterocycles. The smallest absolute Gasteiger partial charge is 0.234 e. The largest absolute Gasteiger partial charge is 0.368 e. The summed E-state index contributed by atoms with van der Waals surface area (Å²) in [6, 6.07) is 1.23. The van der Waals surface area contributed by atoms with Crippen molar-refractivity contribution in [1.82, 2.24) is 10.2 Å². The topological polar surface area (TPSA) is 58.4 Å². The Balaban J connectivity index is 1.48. The van der Waals surface area contributed by atoms with Gasteiger partial charge in [0.2, 0.25) is 5.91 Å². The van der Waals surface area contributed by atoms with Gasteiger partial charge in [0.25, 0.3) is 0 Å². The van der Waals surface area contributed by atoms with Crippen molar-refractivity contribution in [2.75, 3.05) is 13.1 Å². The van der Waals surface area contributed by atoms with E-state index >= 15 is 0 Å². The molecular weight excluding hydrogens is 238 g/mol. The highest BCUT2D eigenvalue weighted by Crippen LogP contribution is 2.36. The second kappa shape index (κ2) is 5.80. The number of likely N-dealkylation sites (tertiary alicyclic amines) is 1. The molecule has 0 aromatic carbocycles. The van der Waals surface area contributed by atoms with Gasteiger partial charge in [0.05, 0.1) is 6.04 Å². The minimum Gasteiger partial charge on any atom is -0.368 e. The zero-order valence-corrected chi connectivity index (χ0v) is 11.8. The van der Waals surface area contributed by atoms with Crippen molar-refractivity contribution in [2.45, 2.75) is 69.5 Å². The molecule has 2 saturated carbocycles. The Hall–Kier alpha value is -0.610. The molecule has 3 atom stereocenters. The Morgan fingerprint density at radius 2 is 2.00 bits per heavy atom. The average molecular weight is 265 g/mol. The summed E-state index contributed by atoms with van der Waals surface area (Å²) in [6.45, 7) is 2.26. The van der Waals surface area contributed by atoms with Crippen LogP contribution >= 0.6 is 0 Å². The van der Waals surface area contributed by atoms with Gasteiger partial charge in [-0.2, -0.15) is 0 Å². The fourth-order valence-electron chi connectivity index (χ4n) is 3.92. The molecule has 3 rings (SSSR count). The van der Waals surface area contributed by atoms with Crippen molar-refractivity contribution in [3.8, 4) is 0 Å². The lowest BCUT2D eigenvalue weighted by atomic mass is 9.85. The highest BCUT2D eigenvalue weighted by atomic mass is 16.1. The molecule has 3 N–H and O–H groups in total. The van der Waals surface area contributed by atoms with Crippen molar-refractivity contribution < 1.29 is 4.79 Å². The molecule has 3 fully saturated rings. The normalized spacial score (nSPS) is 33.1. The zero-order valence-electron chi connectivity index (χ0n) is 11.8. The molecule has 4 heteroatoms. The molecule has 19 heavy (non-hydrogen) atoms. The summed E-state index contributed by atoms with van der Waals surface area (Å²) in [5.74, 6) is 0.753. The number of nitrogens with zero attached hydrogens (tertiary/aromatic N) is 1. The Morgan fingerprint density at radius 3 is 2.74 bits per heavy atom. The van der Waals surface area contributed by atoms with E-state index in [1.54, 1.807) is 0 Å². The zero-order chi connectivity index (χ0) is 13.2. The van der Waals surface area contributed by atoms with Gasteiger partial charge >= 0.3 is 0 Å². The predicted molar refractivity (Wildman–Crippen MR) is 75.7 cm³/mol. The van der Waals surface area contributed by atoms with Gasteiger partial charge in [-0.1, -0.05) is 12.8 Å². The van der Waals surface area contributed by atoms with E-state index < -0.39 is 0 Å². The van der Waals surface area contributed by atoms with E-state index in [4.69, 9.17) is 5.73 Å². The number of amides is 1. The molecule has 0 radical (unpaired) electrons. The van der Waals surface area contributed by atoms with Gasteiger partial charge < -0.3 is 16.0 Å². The third kappa shape index (κ3) is 3.29. The summed E-state index contributed by atoms with van der Waals surface area (Å²) >= 11 is 0. The lowest BCUT2D eigenvalue weighted by Gasteiger charge is -2.32. The van der Waals surface area contributed by atoms with E-state index in [1.165, 1.54) is 51.5 Å². The van der Waals surface area contributed by atoms with E-state index in [-0.39, 0.29) is 11.9 Å². The maximum atomic E-state index is 11.5. The minimum atomic E-state index is -0.175. The highest BCUT2D eigenvalue weighted by molar-refractivity contribution is 5.79. The summed E-state index contributed by atoms with van der Waals surface area (Å²) in [6.07, 6.45) is 10.2. The van der Waals surface area contributed by atoms with Crippen LogP contribution in [0, 0.1) is 5.92 Å². The molecule has 1 aliphatic heterocycles. The Kier molecular flexibility index (Phi) is 4.08. The molecular formula is C15H27N3O. The molecule has 0 spiro atoms. The molecule has 1 heterocycles. The molecule has 2 aliphatic carbocycles. The van der Waals surface area contributed by atoms with Crippen molar-refractivity contribution in [3.05, 3.63) is 0 Å². The van der Waals surface area contributed by atoms with Crippen LogP contribution in [-0.2, 0) is 4.79 Å². The standard InChI is InChI=1S/C15H27N3O/c16-15(19)13(17-12-5-6-12)8-10-18-9-7-11-3-1-2-4-14(11)18/h11-14,17H,1-10H2,(H2,16,19). The lowest BCUT2D eigenvalue weighted by molar-refractivity contribution is -0.120. The first-order valence-electron chi connectivity index (χ1n) is 8.03. The Bertz CT molecular complexity index is 329. The van der Waals surface area contributed by atoms with Gasteiger partial charge in [0, 0.05) is 18.6 Å². The highest BCUT2D eigenvalue weighted by Gasteiger charge is 2.36. The fourth-order valence-corrected chi connectivity index (χ4v) is 3.92. The maximum absolute atomic E-state index is 11.5. The molecule has 108 valence electrons. The van der Waals surface area contributed by atoms with Crippen LogP contribution in [0.5, 0.6) is 0 Å². The number of hydrogen-bond acceptors (Lipinski definition) is 3. The summed E-state index contributed by atoms with van der Waals surface area (Å²) in [5, 5.41) is 3.39. The fraction of sp³-hybridized carbons (Fsp3) is 0.933. The number of hydrogen-bond donors (Lipinski definition) is 2. The van der Waals surface area contributed by atoms with Crippen LogP contribution in [0.1, 0.15) is 51.4 Å². The second-order valence-corrected chi connectivity index (χ2v) is 6.62. The van der Waals surface area contributed by atoms with Gasteiger partial charge in [-0.3, -0.25) is 4.79 Å². The Labute approximate surface area is 116 Å². The Morgan fingerprint density at radius 1 is 1.21 bits per heavy atom. The van der Waals surface area contributed by atoms with Crippen LogP contribution in [-0.4, -0.2) is 42.0 Å². The third-order valence-electron chi connectivity index (χ3n) is 5.19. The predicted octanol–water partition coefficient (Wildman–Crippen LogP) is 1.25. The van der Waals surface area contributed by atoms with Gasteiger partial charge in [0.1, 0.15) is 0 Å². The SMILES string of the molecule is NC(=O)C(CCN1CCC2CCCCC21)NC1CC1. The van der Waals surface area contributed by atoms with E-state index in [0.717, 1.165) is 24.9 Å². The molecule has 1 saturated heterocycles. The first-order chi connectivity index (χ1) is 9.24. The van der Waals surface area contributed by atoms with Gasteiger partial charge in [-0.15, -0.1) is 0 Å². The molecule has 1 amide bonds. The van der Waals surface area contributed by atoms with Gasteiger partial charge in [-0.05, 0) is 51.0 Å². The summed E-state index contributed by atoms with van der Waals surface area (Å²) in [7, 11) is 0. The monoisotopic (exact) mass is 265 g/mol. The number of nitrogens with two attached hydrogens (primary N) is 1. The van der Waals surface area contributed by atoms with E-state index in [2.05, 4.69) is 10.2 Å². The first kappa shape index (κ1) is 13.4. The van der Waals surface area contributed by atoms with E-state index in [9.17, 15) is 4.79 Å². The first-order valence-corrected chi connectivity index (χ1v) is 8.03. The minimum absolute atomic E-state index is 0.116. The quantitative estimate of drug-likeness (QED) is 0.760. The molecule has 0 aromatic rings. The third-order valence-corrected chi connectivity index (χ3v) is 5.19. The summed E-state index contributed by atoms with van der Waals surface area (Å²) in [5.41, 5.74) is 5.51. The lowest BCUT2D eigenvalue weighted by Crippen LogP contribution is -2.45. The van der Waals surface area contributed by atoms with Crippen LogP contribution in [0.3, 0.4) is 0 Å². The van der Waals surface area contributed by atoms with Gasteiger partial charge in [-0.25, -0.2) is 0 Å². The number of carbonyl (C=O) groups excluding carboxylic acids is 1. The molecule has 3 aliphatic rings. The van der Waals surface area contributed by atoms with Crippen LogP contribution in [0.15, 0.2) is 0 Å². The van der Waals surface area contributed by atoms with Crippen molar-refractivity contribution >= 4 is 5.91 Å². The number of carbonyl (C=O) groups is 1. The van der Waals surface area contributed by atoms with Crippen molar-refractivity contribution in [1.29, 1.82) is 0 Å². The van der Waals surface area contributed by atoms with Crippen molar-refractivity contribution in [2.24, 2.45) is 11.7 Å².